The second kappa shape index (κ2) is 8.72. The normalized spacial score (nSPS) is 12.0. The zero-order valence-corrected chi connectivity index (χ0v) is 18.0. The Balaban J connectivity index is 1.46. The molecule has 0 fully saturated rings. The van der Waals surface area contributed by atoms with Crippen molar-refractivity contribution >= 4 is 33.9 Å². The highest BCUT2D eigenvalue weighted by Gasteiger charge is 2.18. The first-order valence-corrected chi connectivity index (χ1v) is 10.7. The molecule has 2 N–H and O–H groups in total. The maximum Gasteiger partial charge on any atom is 0.253 e. The molecule has 5 rings (SSSR count). The van der Waals surface area contributed by atoms with E-state index in [0.29, 0.717) is 40.8 Å². The maximum absolute atomic E-state index is 12.9. The first kappa shape index (κ1) is 20.1. The van der Waals surface area contributed by atoms with Gasteiger partial charge in [0.25, 0.3) is 5.56 Å². The Kier molecular flexibility index (Phi) is 5.47. The van der Waals surface area contributed by atoms with Gasteiger partial charge in [0.15, 0.2) is 16.6 Å². The van der Waals surface area contributed by atoms with Gasteiger partial charge in [0, 0.05) is 29.2 Å². The number of rotatable bonds is 5. The molecule has 3 aromatic carbocycles. The number of thiocarbonyl (C=S) groups is 1. The molecule has 0 radical (unpaired) electrons. The molecule has 32 heavy (non-hydrogen) atoms. The van der Waals surface area contributed by atoms with Gasteiger partial charge in [0.05, 0.1) is 12.1 Å². The molecule has 0 amide bonds. The van der Waals surface area contributed by atoms with Crippen molar-refractivity contribution in [1.29, 1.82) is 0 Å². The van der Waals surface area contributed by atoms with Crippen LogP contribution in [0, 0.1) is 0 Å². The number of fused-ring (bicyclic) bond motifs is 2. The lowest BCUT2D eigenvalue weighted by atomic mass is 10.1. The van der Waals surface area contributed by atoms with Crippen LogP contribution >= 0.6 is 12.2 Å². The monoisotopic (exact) mass is 443 g/mol. The molecule has 0 bridgehead atoms. The molecule has 0 aliphatic carbocycles. The van der Waals surface area contributed by atoms with Gasteiger partial charge in [0.2, 0.25) is 6.79 Å². The number of aromatic nitrogens is 1. The molecule has 4 aromatic rings. The van der Waals surface area contributed by atoms with E-state index in [4.69, 9.17) is 21.7 Å². The molecule has 0 unspecified atom stereocenters. The average molecular weight is 444 g/mol. The highest BCUT2D eigenvalue weighted by atomic mass is 32.1. The van der Waals surface area contributed by atoms with Crippen molar-refractivity contribution in [1.82, 2.24) is 9.88 Å². The average Bonchev–Trinajstić information content (AvgIpc) is 3.26. The topological polar surface area (TPSA) is 66.6 Å². The summed E-state index contributed by atoms with van der Waals surface area (Å²) < 4.78 is 10.9. The van der Waals surface area contributed by atoms with Crippen LogP contribution in [0.5, 0.6) is 11.5 Å². The Hall–Kier alpha value is -3.84. The van der Waals surface area contributed by atoms with Crippen LogP contribution in [0.1, 0.15) is 11.1 Å². The predicted molar refractivity (Wildman–Crippen MR) is 129 cm³/mol. The first-order valence-electron chi connectivity index (χ1n) is 10.3. The second-order valence-electron chi connectivity index (χ2n) is 7.55. The summed E-state index contributed by atoms with van der Waals surface area (Å²) in [6, 6.07) is 25.4. The van der Waals surface area contributed by atoms with E-state index in [1.165, 1.54) is 0 Å². The number of H-pyrrole nitrogens is 1. The molecule has 1 aliphatic heterocycles. The van der Waals surface area contributed by atoms with Gasteiger partial charge in [-0.2, -0.15) is 0 Å². The van der Waals surface area contributed by atoms with Gasteiger partial charge in [-0.25, -0.2) is 0 Å². The van der Waals surface area contributed by atoms with E-state index in [1.54, 1.807) is 6.07 Å². The van der Waals surface area contributed by atoms with Gasteiger partial charge in [-0.3, -0.25) is 4.79 Å². The molecule has 0 atom stereocenters. The largest absolute Gasteiger partial charge is 0.454 e. The van der Waals surface area contributed by atoms with Gasteiger partial charge in [0.1, 0.15) is 0 Å². The number of hydrogen-bond donors (Lipinski definition) is 2. The van der Waals surface area contributed by atoms with Crippen molar-refractivity contribution in [2.24, 2.45) is 0 Å². The van der Waals surface area contributed by atoms with Crippen molar-refractivity contribution in [3.8, 4) is 11.5 Å². The van der Waals surface area contributed by atoms with Crippen LogP contribution in [-0.4, -0.2) is 21.8 Å². The minimum atomic E-state index is -0.156. The van der Waals surface area contributed by atoms with E-state index in [9.17, 15) is 4.79 Å². The molecule has 1 aliphatic rings. The van der Waals surface area contributed by atoms with Crippen LogP contribution in [0.25, 0.3) is 10.9 Å². The lowest BCUT2D eigenvalue weighted by Gasteiger charge is -2.26. The third-order valence-corrected chi connectivity index (χ3v) is 5.66. The fourth-order valence-corrected chi connectivity index (χ4v) is 3.94. The Morgan fingerprint density at radius 1 is 0.938 bits per heavy atom. The predicted octanol–water partition coefficient (Wildman–Crippen LogP) is 4.66. The van der Waals surface area contributed by atoms with Crippen LogP contribution in [0.3, 0.4) is 0 Å². The Morgan fingerprint density at radius 2 is 1.62 bits per heavy atom. The Bertz CT molecular complexity index is 1320. The fraction of sp³-hybridized carbons (Fsp3) is 0.120. The lowest BCUT2D eigenvalue weighted by molar-refractivity contribution is 0.174. The zero-order valence-electron chi connectivity index (χ0n) is 17.2. The summed E-state index contributed by atoms with van der Waals surface area (Å²) in [6.45, 7) is 1.11. The number of nitrogens with one attached hydrogen (secondary N) is 2. The number of pyridine rings is 1. The third kappa shape index (κ3) is 4.29. The molecule has 2 heterocycles. The summed E-state index contributed by atoms with van der Waals surface area (Å²) in [7, 11) is 0. The highest BCUT2D eigenvalue weighted by Crippen LogP contribution is 2.35. The molecule has 160 valence electrons. The van der Waals surface area contributed by atoms with Crippen molar-refractivity contribution in [2.45, 2.75) is 13.1 Å². The number of nitrogens with zero attached hydrogens (tertiary/aromatic N) is 1. The summed E-state index contributed by atoms with van der Waals surface area (Å²) in [5.74, 6) is 1.32. The Morgan fingerprint density at radius 3 is 2.38 bits per heavy atom. The number of hydrogen-bond acceptors (Lipinski definition) is 4. The quantitative estimate of drug-likeness (QED) is 0.438. The molecule has 6 nitrogen and oxygen atoms in total. The van der Waals surface area contributed by atoms with E-state index in [1.807, 2.05) is 77.7 Å². The standard InChI is InChI=1S/C25H21N3O3S/c29-24-19(11-18-12-22-23(31-16-30-22)13-21(18)27-24)15-28(14-17-7-3-1-4-8-17)25(32)26-20-9-5-2-6-10-20/h1-13H,14-16H2,(H,26,32)(H,27,29). The minimum absolute atomic E-state index is 0.156. The van der Waals surface area contributed by atoms with Crippen molar-refractivity contribution in [3.05, 3.63) is 100 Å². The van der Waals surface area contributed by atoms with Gasteiger partial charge < -0.3 is 24.7 Å². The molecule has 0 saturated heterocycles. The molecule has 1 aromatic heterocycles. The number of benzene rings is 3. The number of para-hydroxylation sites is 1. The fourth-order valence-electron chi connectivity index (χ4n) is 3.69. The lowest BCUT2D eigenvalue weighted by Crippen LogP contribution is -2.35. The number of anilines is 1. The molecule has 7 heteroatoms. The smallest absolute Gasteiger partial charge is 0.253 e. The summed E-state index contributed by atoms with van der Waals surface area (Å²) in [6.07, 6.45) is 0. The van der Waals surface area contributed by atoms with Crippen LogP contribution in [0.15, 0.2) is 83.7 Å². The van der Waals surface area contributed by atoms with Gasteiger partial charge in [-0.15, -0.1) is 0 Å². The molecule has 0 saturated carbocycles. The minimum Gasteiger partial charge on any atom is -0.454 e. The van der Waals surface area contributed by atoms with Gasteiger partial charge in [-0.05, 0) is 42.0 Å². The van der Waals surface area contributed by atoms with Crippen LogP contribution in [-0.2, 0) is 13.1 Å². The van der Waals surface area contributed by atoms with Crippen LogP contribution < -0.4 is 20.3 Å². The van der Waals surface area contributed by atoms with Crippen molar-refractivity contribution < 1.29 is 9.47 Å². The van der Waals surface area contributed by atoms with Gasteiger partial charge >= 0.3 is 0 Å². The molecular formula is C25H21N3O3S. The molecule has 0 spiro atoms. The van der Waals surface area contributed by atoms with E-state index in [-0.39, 0.29) is 12.4 Å². The number of ether oxygens (including phenoxy) is 2. The van der Waals surface area contributed by atoms with Crippen LogP contribution in [0.2, 0.25) is 0 Å². The summed E-state index contributed by atoms with van der Waals surface area (Å²) in [5, 5.41) is 4.71. The first-order chi connectivity index (χ1) is 15.7. The zero-order chi connectivity index (χ0) is 21.9. The van der Waals surface area contributed by atoms with E-state index in [0.717, 1.165) is 16.6 Å². The van der Waals surface area contributed by atoms with Crippen molar-refractivity contribution in [2.75, 3.05) is 12.1 Å². The van der Waals surface area contributed by atoms with E-state index < -0.39 is 0 Å². The number of aromatic amines is 1. The third-order valence-electron chi connectivity index (χ3n) is 5.30. The second-order valence-corrected chi connectivity index (χ2v) is 7.94. The summed E-state index contributed by atoms with van der Waals surface area (Å²) >= 11 is 5.73. The van der Waals surface area contributed by atoms with Crippen molar-refractivity contribution in [3.63, 3.8) is 0 Å². The highest BCUT2D eigenvalue weighted by molar-refractivity contribution is 7.80. The maximum atomic E-state index is 12.9. The SMILES string of the molecule is O=c1[nH]c2cc3c(cc2cc1CN(Cc1ccccc1)C(=S)Nc1ccccc1)OCO3. The summed E-state index contributed by atoms with van der Waals surface area (Å²) in [4.78, 5) is 17.8. The van der Waals surface area contributed by atoms with E-state index >= 15 is 0 Å². The van der Waals surface area contributed by atoms with E-state index in [2.05, 4.69) is 10.3 Å². The van der Waals surface area contributed by atoms with Crippen LogP contribution in [0.4, 0.5) is 5.69 Å². The van der Waals surface area contributed by atoms with Gasteiger partial charge in [-0.1, -0.05) is 48.5 Å². The Labute approximate surface area is 190 Å². The molecular weight excluding hydrogens is 422 g/mol. The summed E-state index contributed by atoms with van der Waals surface area (Å²) in [5.41, 5.74) is 3.17.